The van der Waals surface area contributed by atoms with Crippen molar-refractivity contribution in [2.24, 2.45) is 0 Å². The van der Waals surface area contributed by atoms with Crippen molar-refractivity contribution in [3.8, 4) is 5.75 Å². The van der Waals surface area contributed by atoms with Crippen molar-refractivity contribution in [3.05, 3.63) is 47.2 Å². The van der Waals surface area contributed by atoms with Crippen molar-refractivity contribution in [1.29, 1.82) is 0 Å². The van der Waals surface area contributed by atoms with Gasteiger partial charge in [-0.05, 0) is 30.8 Å². The van der Waals surface area contributed by atoms with Gasteiger partial charge in [0.2, 0.25) is 0 Å². The van der Waals surface area contributed by atoms with E-state index in [4.69, 9.17) is 21.4 Å². The van der Waals surface area contributed by atoms with Crippen LogP contribution in [-0.4, -0.2) is 6.61 Å². The van der Waals surface area contributed by atoms with Gasteiger partial charge in [-0.3, -0.25) is 0 Å². The highest BCUT2D eigenvalue weighted by Crippen LogP contribution is 2.29. The Morgan fingerprint density at radius 3 is 3.06 bits per heavy atom. The predicted molar refractivity (Wildman–Crippen MR) is 67.5 cm³/mol. The van der Waals surface area contributed by atoms with Gasteiger partial charge in [-0.25, -0.2) is 0 Å². The molecule has 0 aliphatic rings. The van der Waals surface area contributed by atoms with E-state index in [1.807, 2.05) is 25.1 Å². The van der Waals surface area contributed by atoms with E-state index in [-0.39, 0.29) is 0 Å². The predicted octanol–water partition coefficient (Wildman–Crippen LogP) is 4.04. The molecule has 82 valence electrons. The normalized spacial score (nSPS) is 10.3. The second-order valence-electron chi connectivity index (χ2n) is 3.48. The first-order valence-electron chi connectivity index (χ1n) is 4.99. The first kappa shape index (κ1) is 10.9. The maximum Gasteiger partial charge on any atom is 0.194 e. The van der Waals surface area contributed by atoms with Gasteiger partial charge in [-0.2, -0.15) is 0 Å². The summed E-state index contributed by atoms with van der Waals surface area (Å²) in [6, 6.07) is 7.57. The van der Waals surface area contributed by atoms with Crippen LogP contribution in [0.4, 0.5) is 0 Å². The number of benzene rings is 1. The fraction of sp³-hybridized carbons (Fsp3) is 0.154. The van der Waals surface area contributed by atoms with Crippen LogP contribution in [0.3, 0.4) is 0 Å². The summed E-state index contributed by atoms with van der Waals surface area (Å²) in [4.78, 5) is 0. The molecule has 0 aliphatic carbocycles. The zero-order valence-electron chi connectivity index (χ0n) is 9.03. The summed E-state index contributed by atoms with van der Waals surface area (Å²) in [6.45, 7) is 6.10. The van der Waals surface area contributed by atoms with Crippen LogP contribution >= 0.6 is 12.2 Å². The largest absolute Gasteiger partial charge is 0.489 e. The number of rotatable bonds is 3. The van der Waals surface area contributed by atoms with Crippen molar-refractivity contribution >= 4 is 23.2 Å². The number of hydrogen-bond donors (Lipinski definition) is 0. The third-order valence-corrected chi connectivity index (χ3v) is 2.50. The van der Waals surface area contributed by atoms with E-state index in [0.717, 1.165) is 22.3 Å². The Kier molecular flexibility index (Phi) is 3.06. The molecule has 0 spiro atoms. The van der Waals surface area contributed by atoms with Gasteiger partial charge in [-0.1, -0.05) is 24.8 Å². The molecule has 1 aromatic carbocycles. The van der Waals surface area contributed by atoms with E-state index in [1.54, 1.807) is 12.1 Å². The third kappa shape index (κ3) is 1.99. The number of aryl methyl sites for hydroxylation is 1. The number of ether oxygens (including phenoxy) is 1. The monoisotopic (exact) mass is 232 g/mol. The Bertz CT molecular complexity index is 584. The number of hydrogen-bond acceptors (Lipinski definition) is 3. The minimum atomic E-state index is 0.428. The maximum absolute atomic E-state index is 5.59. The fourth-order valence-corrected chi connectivity index (χ4v) is 1.82. The van der Waals surface area contributed by atoms with Crippen LogP contribution in [-0.2, 0) is 0 Å². The molecular weight excluding hydrogens is 220 g/mol. The van der Waals surface area contributed by atoms with E-state index < -0.39 is 0 Å². The van der Waals surface area contributed by atoms with Crippen LogP contribution in [0, 0.1) is 11.6 Å². The van der Waals surface area contributed by atoms with Gasteiger partial charge >= 0.3 is 0 Å². The Morgan fingerprint density at radius 2 is 2.31 bits per heavy atom. The summed E-state index contributed by atoms with van der Waals surface area (Å²) in [5.74, 6) is 0.754. The van der Waals surface area contributed by atoms with Gasteiger partial charge in [0.05, 0.1) is 5.39 Å². The average molecular weight is 232 g/mol. The van der Waals surface area contributed by atoms with Crippen LogP contribution in [0.25, 0.3) is 11.0 Å². The molecule has 0 fully saturated rings. The van der Waals surface area contributed by atoms with E-state index in [0.29, 0.717) is 11.3 Å². The molecule has 0 amide bonds. The van der Waals surface area contributed by atoms with Crippen molar-refractivity contribution < 1.29 is 9.15 Å². The van der Waals surface area contributed by atoms with Crippen LogP contribution in [0.5, 0.6) is 5.75 Å². The molecule has 0 radical (unpaired) electrons. The molecule has 2 rings (SSSR count). The van der Waals surface area contributed by atoms with Gasteiger partial charge in [-0.15, -0.1) is 0 Å². The van der Waals surface area contributed by atoms with Crippen molar-refractivity contribution in [3.63, 3.8) is 0 Å². The molecule has 1 aromatic heterocycles. The summed E-state index contributed by atoms with van der Waals surface area (Å²) in [5.41, 5.74) is 1.86. The smallest absolute Gasteiger partial charge is 0.194 e. The Labute approximate surface area is 99.2 Å². The molecule has 0 saturated heterocycles. The SMILES string of the molecule is C=CCOc1cc(=S)oc2cccc(C)c12. The molecule has 1 heterocycles. The first-order valence-corrected chi connectivity index (χ1v) is 5.40. The highest BCUT2D eigenvalue weighted by Gasteiger charge is 2.07. The molecular formula is C13H12O2S. The lowest BCUT2D eigenvalue weighted by atomic mass is 10.1. The molecule has 3 heteroatoms. The Hall–Kier alpha value is -1.61. The minimum absolute atomic E-state index is 0.428. The van der Waals surface area contributed by atoms with Gasteiger partial charge < -0.3 is 9.15 Å². The summed E-state index contributed by atoms with van der Waals surface area (Å²) in [7, 11) is 0. The summed E-state index contributed by atoms with van der Waals surface area (Å²) in [5, 5.41) is 0.970. The van der Waals surface area contributed by atoms with Crippen molar-refractivity contribution in [1.82, 2.24) is 0 Å². The fourth-order valence-electron chi connectivity index (χ4n) is 1.62. The lowest BCUT2D eigenvalue weighted by Crippen LogP contribution is -1.94. The molecule has 2 aromatic rings. The Balaban J connectivity index is 2.69. The van der Waals surface area contributed by atoms with Crippen LogP contribution in [0.1, 0.15) is 5.56 Å². The highest BCUT2D eigenvalue weighted by molar-refractivity contribution is 7.71. The van der Waals surface area contributed by atoms with E-state index in [1.165, 1.54) is 0 Å². The maximum atomic E-state index is 5.59. The molecule has 0 unspecified atom stereocenters. The van der Waals surface area contributed by atoms with Crippen molar-refractivity contribution in [2.75, 3.05) is 6.61 Å². The van der Waals surface area contributed by atoms with Crippen LogP contribution in [0.15, 0.2) is 41.3 Å². The second kappa shape index (κ2) is 4.49. The van der Waals surface area contributed by atoms with Crippen molar-refractivity contribution in [2.45, 2.75) is 6.92 Å². The molecule has 16 heavy (non-hydrogen) atoms. The van der Waals surface area contributed by atoms with Crippen LogP contribution in [0.2, 0.25) is 0 Å². The second-order valence-corrected chi connectivity index (χ2v) is 3.88. The standard InChI is InChI=1S/C13H12O2S/c1-3-7-14-11-8-12(16)15-10-6-4-5-9(2)13(10)11/h3-6,8H,1,7H2,2H3. The van der Waals surface area contributed by atoms with Crippen LogP contribution < -0.4 is 4.74 Å². The zero-order chi connectivity index (χ0) is 11.5. The summed E-state index contributed by atoms with van der Waals surface area (Å²) >= 11 is 5.05. The van der Waals surface area contributed by atoms with Gasteiger partial charge in [0, 0.05) is 6.07 Å². The van der Waals surface area contributed by atoms with Gasteiger partial charge in [0.25, 0.3) is 0 Å². The zero-order valence-corrected chi connectivity index (χ0v) is 9.84. The molecule has 0 atom stereocenters. The highest BCUT2D eigenvalue weighted by atomic mass is 32.1. The molecule has 0 bridgehead atoms. The molecule has 0 aliphatic heterocycles. The van der Waals surface area contributed by atoms with Gasteiger partial charge in [0.15, 0.2) is 4.71 Å². The van der Waals surface area contributed by atoms with E-state index in [9.17, 15) is 0 Å². The number of fused-ring (bicyclic) bond motifs is 1. The molecule has 0 saturated carbocycles. The quantitative estimate of drug-likeness (QED) is 0.589. The topological polar surface area (TPSA) is 22.4 Å². The summed E-state index contributed by atoms with van der Waals surface area (Å²) in [6.07, 6.45) is 1.71. The minimum Gasteiger partial charge on any atom is -0.489 e. The molecule has 2 nitrogen and oxygen atoms in total. The summed E-state index contributed by atoms with van der Waals surface area (Å²) < 4.78 is 11.5. The lowest BCUT2D eigenvalue weighted by Gasteiger charge is -2.08. The van der Waals surface area contributed by atoms with E-state index >= 15 is 0 Å². The van der Waals surface area contributed by atoms with E-state index in [2.05, 4.69) is 6.58 Å². The average Bonchev–Trinajstić information content (AvgIpc) is 2.25. The third-order valence-electron chi connectivity index (χ3n) is 2.30. The lowest BCUT2D eigenvalue weighted by molar-refractivity contribution is 0.364. The van der Waals surface area contributed by atoms with Gasteiger partial charge in [0.1, 0.15) is 17.9 Å². The first-order chi connectivity index (χ1) is 7.72. The Morgan fingerprint density at radius 1 is 1.50 bits per heavy atom. The molecule has 0 N–H and O–H groups in total.